The summed E-state index contributed by atoms with van der Waals surface area (Å²) in [6.45, 7) is 0.312. The van der Waals surface area contributed by atoms with Crippen LogP contribution >= 0.6 is 0 Å². The fourth-order valence-electron chi connectivity index (χ4n) is 3.55. The number of aromatic nitrogens is 2. The molecule has 2 aromatic rings. The van der Waals surface area contributed by atoms with Crippen LogP contribution in [0.4, 0.5) is 4.79 Å². The lowest BCUT2D eigenvalue weighted by atomic mass is 9.92. The number of rotatable bonds is 5. The summed E-state index contributed by atoms with van der Waals surface area (Å²) < 4.78 is 10.7. The molecule has 1 saturated carbocycles. The molecule has 0 N–H and O–H groups in total. The first-order chi connectivity index (χ1) is 12.7. The van der Waals surface area contributed by atoms with E-state index in [2.05, 4.69) is 9.97 Å². The Bertz CT molecular complexity index is 777. The lowest BCUT2D eigenvalue weighted by Gasteiger charge is -2.34. The minimum Gasteiger partial charge on any atom is -0.467 e. The number of hydrogen-bond acceptors (Lipinski definition) is 5. The number of ether oxygens (including phenoxy) is 2. The summed E-state index contributed by atoms with van der Waals surface area (Å²) in [5, 5.41) is 0. The van der Waals surface area contributed by atoms with Crippen molar-refractivity contribution in [2.45, 2.75) is 50.8 Å². The highest BCUT2D eigenvalue weighted by Gasteiger charge is 2.39. The van der Waals surface area contributed by atoms with E-state index in [1.807, 2.05) is 41.4 Å². The minimum absolute atomic E-state index is 0.148. The molecular formula is C20H23N3O3. The summed E-state index contributed by atoms with van der Waals surface area (Å²) >= 11 is 0. The van der Waals surface area contributed by atoms with Crippen LogP contribution in [0.5, 0.6) is 6.01 Å². The van der Waals surface area contributed by atoms with Gasteiger partial charge < -0.3 is 14.4 Å². The summed E-state index contributed by atoms with van der Waals surface area (Å²) in [6, 6.07) is 10.7. The molecule has 136 valence electrons. The van der Waals surface area contributed by atoms with Crippen LogP contribution in [-0.2, 0) is 24.2 Å². The zero-order valence-electron chi connectivity index (χ0n) is 14.9. The monoisotopic (exact) mass is 353 g/mol. The Morgan fingerprint density at radius 2 is 2.00 bits per heavy atom. The third-order valence-corrected chi connectivity index (χ3v) is 5.03. The zero-order valence-corrected chi connectivity index (χ0v) is 14.9. The Balaban J connectivity index is 1.44. The van der Waals surface area contributed by atoms with Gasteiger partial charge in [-0.3, -0.25) is 0 Å². The standard InChI is InChI=1S/C20H23N3O3/c1-25-19-21-12-15-11-17(9-10-18(15)22-19)23(16-7-8-16)20(24)26-13-14-5-3-2-4-6-14/h2-6,12,16-17H,7-11,13H2,1H3. The topological polar surface area (TPSA) is 64.6 Å². The van der Waals surface area contributed by atoms with Gasteiger partial charge in [0.25, 0.3) is 0 Å². The summed E-state index contributed by atoms with van der Waals surface area (Å²) in [5.41, 5.74) is 3.14. The van der Waals surface area contributed by atoms with Gasteiger partial charge in [-0.15, -0.1) is 0 Å². The van der Waals surface area contributed by atoms with Crippen LogP contribution in [0, 0.1) is 0 Å². The van der Waals surface area contributed by atoms with Gasteiger partial charge in [0, 0.05) is 18.3 Å². The van der Waals surface area contributed by atoms with Crippen molar-refractivity contribution in [2.24, 2.45) is 0 Å². The molecule has 1 unspecified atom stereocenters. The largest absolute Gasteiger partial charge is 0.467 e. The first-order valence-corrected chi connectivity index (χ1v) is 9.12. The SMILES string of the molecule is COc1ncc2c(n1)CCC(N(C(=O)OCc1ccccc1)C1CC1)C2. The first-order valence-electron chi connectivity index (χ1n) is 9.12. The average molecular weight is 353 g/mol. The molecule has 0 radical (unpaired) electrons. The Labute approximate surface area is 153 Å². The number of fused-ring (bicyclic) bond motifs is 1. The van der Waals surface area contributed by atoms with Crippen molar-refractivity contribution in [2.75, 3.05) is 7.11 Å². The molecule has 1 aromatic heterocycles. The van der Waals surface area contributed by atoms with Gasteiger partial charge in [0.05, 0.1) is 12.8 Å². The van der Waals surface area contributed by atoms with Crippen LogP contribution < -0.4 is 4.74 Å². The summed E-state index contributed by atoms with van der Waals surface area (Å²) in [4.78, 5) is 23.4. The molecule has 1 heterocycles. The van der Waals surface area contributed by atoms with Crippen LogP contribution in [0.1, 0.15) is 36.1 Å². The molecule has 6 heteroatoms. The predicted molar refractivity (Wildman–Crippen MR) is 95.9 cm³/mol. The third-order valence-electron chi connectivity index (χ3n) is 5.03. The molecular weight excluding hydrogens is 330 g/mol. The maximum atomic E-state index is 12.8. The second-order valence-electron chi connectivity index (χ2n) is 6.90. The zero-order chi connectivity index (χ0) is 17.9. The van der Waals surface area contributed by atoms with Gasteiger partial charge in [-0.25, -0.2) is 9.78 Å². The Hall–Kier alpha value is -2.63. The molecule has 1 atom stereocenters. The highest BCUT2D eigenvalue weighted by Crippen LogP contribution is 2.34. The number of carbonyl (C=O) groups is 1. The van der Waals surface area contributed by atoms with E-state index in [1.54, 1.807) is 7.11 Å². The van der Waals surface area contributed by atoms with E-state index in [9.17, 15) is 4.79 Å². The van der Waals surface area contributed by atoms with Gasteiger partial charge in [0.2, 0.25) is 0 Å². The highest BCUT2D eigenvalue weighted by atomic mass is 16.6. The lowest BCUT2D eigenvalue weighted by Crippen LogP contribution is -2.45. The second kappa shape index (κ2) is 7.32. The van der Waals surface area contributed by atoms with E-state index in [-0.39, 0.29) is 12.1 Å². The van der Waals surface area contributed by atoms with Crippen LogP contribution in [0.2, 0.25) is 0 Å². The molecule has 0 bridgehead atoms. The van der Waals surface area contributed by atoms with Crippen molar-refractivity contribution in [1.82, 2.24) is 14.9 Å². The smallest absolute Gasteiger partial charge is 0.410 e. The number of amides is 1. The highest BCUT2D eigenvalue weighted by molar-refractivity contribution is 5.69. The van der Waals surface area contributed by atoms with E-state index in [0.717, 1.165) is 48.9 Å². The summed E-state index contributed by atoms with van der Waals surface area (Å²) in [5.74, 6) is 0. The van der Waals surface area contributed by atoms with Crippen molar-refractivity contribution < 1.29 is 14.3 Å². The van der Waals surface area contributed by atoms with Crippen LogP contribution in [0.25, 0.3) is 0 Å². The van der Waals surface area contributed by atoms with Gasteiger partial charge in [0.1, 0.15) is 6.61 Å². The van der Waals surface area contributed by atoms with Crippen molar-refractivity contribution in [3.05, 3.63) is 53.3 Å². The van der Waals surface area contributed by atoms with Crippen LogP contribution in [-0.4, -0.2) is 40.2 Å². The number of carbonyl (C=O) groups excluding carboxylic acids is 1. The normalized spacial score (nSPS) is 18.7. The molecule has 0 spiro atoms. The third kappa shape index (κ3) is 3.64. The number of nitrogens with zero attached hydrogens (tertiary/aromatic N) is 3. The molecule has 26 heavy (non-hydrogen) atoms. The molecule has 6 nitrogen and oxygen atoms in total. The molecule has 0 aliphatic heterocycles. The molecule has 1 fully saturated rings. The van der Waals surface area contributed by atoms with Gasteiger partial charge >= 0.3 is 12.1 Å². The number of aryl methyl sites for hydroxylation is 1. The van der Waals surface area contributed by atoms with E-state index in [1.165, 1.54) is 0 Å². The Morgan fingerprint density at radius 3 is 2.73 bits per heavy atom. The molecule has 1 amide bonds. The Kier molecular flexibility index (Phi) is 4.73. The second-order valence-corrected chi connectivity index (χ2v) is 6.90. The van der Waals surface area contributed by atoms with E-state index < -0.39 is 0 Å². The maximum absolute atomic E-state index is 12.8. The number of benzene rings is 1. The first kappa shape index (κ1) is 16.8. The van der Waals surface area contributed by atoms with Gasteiger partial charge in [-0.05, 0) is 43.2 Å². The van der Waals surface area contributed by atoms with Crippen molar-refractivity contribution in [3.8, 4) is 6.01 Å². The van der Waals surface area contributed by atoms with Crippen LogP contribution in [0.3, 0.4) is 0 Å². The summed E-state index contributed by atoms with van der Waals surface area (Å²) in [7, 11) is 1.57. The fraction of sp³-hybridized carbons (Fsp3) is 0.450. The van der Waals surface area contributed by atoms with Gasteiger partial charge in [-0.2, -0.15) is 4.98 Å². The van der Waals surface area contributed by atoms with Crippen LogP contribution in [0.15, 0.2) is 36.5 Å². The molecule has 1 aromatic carbocycles. The molecule has 0 saturated heterocycles. The Morgan fingerprint density at radius 1 is 1.19 bits per heavy atom. The van der Waals surface area contributed by atoms with Gasteiger partial charge in [-0.1, -0.05) is 30.3 Å². The minimum atomic E-state index is -0.209. The van der Waals surface area contributed by atoms with E-state index >= 15 is 0 Å². The van der Waals surface area contributed by atoms with Gasteiger partial charge in [0.15, 0.2) is 0 Å². The van der Waals surface area contributed by atoms with Crippen molar-refractivity contribution in [3.63, 3.8) is 0 Å². The predicted octanol–water partition coefficient (Wildman–Crippen LogP) is 3.14. The maximum Gasteiger partial charge on any atom is 0.410 e. The fourth-order valence-corrected chi connectivity index (χ4v) is 3.55. The lowest BCUT2D eigenvalue weighted by molar-refractivity contribution is 0.0734. The average Bonchev–Trinajstić information content (AvgIpc) is 3.52. The number of hydrogen-bond donors (Lipinski definition) is 0. The van der Waals surface area contributed by atoms with Crippen molar-refractivity contribution >= 4 is 6.09 Å². The quantitative estimate of drug-likeness (QED) is 0.826. The molecule has 2 aliphatic rings. The van der Waals surface area contributed by atoms with Crippen molar-refractivity contribution in [1.29, 1.82) is 0 Å². The number of methoxy groups -OCH3 is 1. The molecule has 4 rings (SSSR count). The summed E-state index contributed by atoms with van der Waals surface area (Å²) in [6.07, 6.45) is 6.23. The molecule has 2 aliphatic carbocycles. The van der Waals surface area contributed by atoms with E-state index in [4.69, 9.17) is 9.47 Å². The van der Waals surface area contributed by atoms with E-state index in [0.29, 0.717) is 18.7 Å².